The van der Waals surface area contributed by atoms with Crippen LogP contribution in [0.25, 0.3) is 10.9 Å². The van der Waals surface area contributed by atoms with Crippen LogP contribution in [0.3, 0.4) is 0 Å². The molecule has 1 saturated carbocycles. The minimum Gasteiger partial charge on any atom is -0.387 e. The first-order valence-corrected chi connectivity index (χ1v) is 6.87. The first kappa shape index (κ1) is 11.7. The number of benzene rings is 1. The van der Waals surface area contributed by atoms with Crippen molar-refractivity contribution >= 4 is 10.9 Å². The number of aliphatic hydroxyl groups is 1. The molecule has 1 unspecified atom stereocenters. The van der Waals surface area contributed by atoms with Crippen molar-refractivity contribution in [1.82, 2.24) is 4.98 Å². The molecule has 1 aliphatic carbocycles. The minimum atomic E-state index is -0.405. The van der Waals surface area contributed by atoms with Gasteiger partial charge < -0.3 is 5.11 Å². The third-order valence-corrected chi connectivity index (χ3v) is 3.99. The Kier molecular flexibility index (Phi) is 3.28. The topological polar surface area (TPSA) is 33.1 Å². The zero-order chi connectivity index (χ0) is 12.4. The van der Waals surface area contributed by atoms with E-state index >= 15 is 0 Å². The maximum Gasteiger partial charge on any atom is 0.0962 e. The molecule has 1 atom stereocenters. The summed E-state index contributed by atoms with van der Waals surface area (Å²) >= 11 is 0. The second-order valence-corrected chi connectivity index (χ2v) is 5.33. The summed E-state index contributed by atoms with van der Waals surface area (Å²) in [5.74, 6) is 0.688. The number of rotatable bonds is 3. The van der Waals surface area contributed by atoms with Crippen molar-refractivity contribution in [3.63, 3.8) is 0 Å². The van der Waals surface area contributed by atoms with Crippen LogP contribution in [0.1, 0.15) is 43.9 Å². The van der Waals surface area contributed by atoms with Crippen molar-refractivity contribution in [2.75, 3.05) is 0 Å². The van der Waals surface area contributed by atoms with Crippen molar-refractivity contribution in [3.05, 3.63) is 42.1 Å². The molecular formula is C16H19NO. The van der Waals surface area contributed by atoms with Crippen LogP contribution >= 0.6 is 0 Å². The maximum absolute atomic E-state index is 10.3. The molecule has 1 aliphatic rings. The molecule has 3 rings (SSSR count). The zero-order valence-electron chi connectivity index (χ0n) is 10.5. The molecule has 94 valence electrons. The van der Waals surface area contributed by atoms with Crippen molar-refractivity contribution in [3.8, 4) is 0 Å². The van der Waals surface area contributed by atoms with Crippen molar-refractivity contribution in [2.24, 2.45) is 5.92 Å². The summed E-state index contributed by atoms with van der Waals surface area (Å²) in [6.45, 7) is 0. The standard InChI is InChI=1S/C16H19NO/c18-16(11-12-5-1-2-6-12)15-10-9-13-7-3-4-8-14(13)17-15/h3-4,7-10,12,16,18H,1-2,5-6,11H2. The summed E-state index contributed by atoms with van der Waals surface area (Å²) in [6, 6.07) is 12.1. The van der Waals surface area contributed by atoms with Gasteiger partial charge in [-0.1, -0.05) is 49.9 Å². The van der Waals surface area contributed by atoms with E-state index < -0.39 is 6.10 Å². The fraction of sp³-hybridized carbons (Fsp3) is 0.438. The molecule has 0 bridgehead atoms. The second kappa shape index (κ2) is 5.07. The van der Waals surface area contributed by atoms with Crippen LogP contribution in [0, 0.1) is 5.92 Å². The van der Waals surface area contributed by atoms with Crippen LogP contribution in [0.5, 0.6) is 0 Å². The average molecular weight is 241 g/mol. The van der Waals surface area contributed by atoms with Crippen LogP contribution in [-0.4, -0.2) is 10.1 Å². The SMILES string of the molecule is OC(CC1CCCC1)c1ccc2ccccc2n1. The van der Waals surface area contributed by atoms with E-state index in [2.05, 4.69) is 17.1 Å². The van der Waals surface area contributed by atoms with Gasteiger partial charge in [-0.25, -0.2) is 0 Å². The highest BCUT2D eigenvalue weighted by molar-refractivity contribution is 5.78. The molecule has 0 amide bonds. The van der Waals surface area contributed by atoms with Crippen LogP contribution < -0.4 is 0 Å². The lowest BCUT2D eigenvalue weighted by Crippen LogP contribution is -2.06. The molecule has 0 spiro atoms. The van der Waals surface area contributed by atoms with E-state index in [4.69, 9.17) is 0 Å². The van der Waals surface area contributed by atoms with Crippen molar-refractivity contribution < 1.29 is 5.11 Å². The van der Waals surface area contributed by atoms with E-state index in [9.17, 15) is 5.11 Å². The van der Waals surface area contributed by atoms with Crippen molar-refractivity contribution in [2.45, 2.75) is 38.2 Å². The van der Waals surface area contributed by atoms with E-state index in [0.717, 1.165) is 23.0 Å². The fourth-order valence-corrected chi connectivity index (χ4v) is 2.95. The van der Waals surface area contributed by atoms with E-state index in [-0.39, 0.29) is 0 Å². The van der Waals surface area contributed by atoms with Gasteiger partial charge in [0.1, 0.15) is 0 Å². The van der Waals surface area contributed by atoms with E-state index in [1.807, 2.05) is 24.3 Å². The molecule has 2 nitrogen and oxygen atoms in total. The van der Waals surface area contributed by atoms with Gasteiger partial charge in [-0.05, 0) is 24.5 Å². The van der Waals surface area contributed by atoms with E-state index in [1.165, 1.54) is 25.7 Å². The molecule has 2 heteroatoms. The average Bonchev–Trinajstić information content (AvgIpc) is 2.91. The highest BCUT2D eigenvalue weighted by Gasteiger charge is 2.20. The summed E-state index contributed by atoms with van der Waals surface area (Å²) in [7, 11) is 0. The number of para-hydroxylation sites is 1. The molecule has 2 aromatic rings. The molecule has 1 N–H and O–H groups in total. The lowest BCUT2D eigenvalue weighted by atomic mass is 9.98. The summed E-state index contributed by atoms with van der Waals surface area (Å²) in [4.78, 5) is 4.57. The molecule has 18 heavy (non-hydrogen) atoms. The maximum atomic E-state index is 10.3. The van der Waals surface area contributed by atoms with Gasteiger partial charge in [-0.2, -0.15) is 0 Å². The van der Waals surface area contributed by atoms with Gasteiger partial charge in [0.2, 0.25) is 0 Å². The van der Waals surface area contributed by atoms with Gasteiger partial charge in [0.25, 0.3) is 0 Å². The van der Waals surface area contributed by atoms with Crippen LogP contribution in [0.4, 0.5) is 0 Å². The Hall–Kier alpha value is -1.41. The summed E-state index contributed by atoms with van der Waals surface area (Å²) in [6.07, 6.45) is 5.64. The van der Waals surface area contributed by atoms with Crippen LogP contribution in [-0.2, 0) is 0 Å². The lowest BCUT2D eigenvalue weighted by Gasteiger charge is -2.15. The molecule has 1 heterocycles. The van der Waals surface area contributed by atoms with E-state index in [0.29, 0.717) is 5.92 Å². The number of fused-ring (bicyclic) bond motifs is 1. The first-order chi connectivity index (χ1) is 8.83. The molecule has 1 aromatic heterocycles. The van der Waals surface area contributed by atoms with Gasteiger partial charge in [0.15, 0.2) is 0 Å². The minimum absolute atomic E-state index is 0.405. The van der Waals surface area contributed by atoms with Gasteiger partial charge in [-0.3, -0.25) is 4.98 Å². The predicted octanol–water partition coefficient (Wildman–Crippen LogP) is 3.85. The molecular weight excluding hydrogens is 222 g/mol. The first-order valence-electron chi connectivity index (χ1n) is 6.87. The third kappa shape index (κ3) is 2.39. The largest absolute Gasteiger partial charge is 0.387 e. The number of nitrogens with zero attached hydrogens (tertiary/aromatic N) is 1. The van der Waals surface area contributed by atoms with Gasteiger partial charge in [0, 0.05) is 5.39 Å². The molecule has 1 aromatic carbocycles. The Morgan fingerprint density at radius 2 is 1.89 bits per heavy atom. The van der Waals surface area contributed by atoms with Gasteiger partial charge in [0.05, 0.1) is 17.3 Å². The Morgan fingerprint density at radius 1 is 1.11 bits per heavy atom. The number of hydrogen-bond donors (Lipinski definition) is 1. The van der Waals surface area contributed by atoms with E-state index in [1.54, 1.807) is 0 Å². The fourth-order valence-electron chi connectivity index (χ4n) is 2.95. The van der Waals surface area contributed by atoms with Gasteiger partial charge >= 0.3 is 0 Å². The summed E-state index contributed by atoms with van der Waals surface area (Å²) in [5, 5.41) is 11.4. The van der Waals surface area contributed by atoms with Crippen LogP contribution in [0.2, 0.25) is 0 Å². The third-order valence-electron chi connectivity index (χ3n) is 3.99. The number of aliphatic hydroxyl groups excluding tert-OH is 1. The quantitative estimate of drug-likeness (QED) is 0.885. The number of hydrogen-bond acceptors (Lipinski definition) is 2. The smallest absolute Gasteiger partial charge is 0.0962 e. The van der Waals surface area contributed by atoms with Crippen LogP contribution in [0.15, 0.2) is 36.4 Å². The Labute approximate surface area is 108 Å². The predicted molar refractivity (Wildman–Crippen MR) is 73.3 cm³/mol. The molecule has 0 aliphatic heterocycles. The second-order valence-electron chi connectivity index (χ2n) is 5.33. The number of pyridine rings is 1. The summed E-state index contributed by atoms with van der Waals surface area (Å²) in [5.41, 5.74) is 1.79. The summed E-state index contributed by atoms with van der Waals surface area (Å²) < 4.78 is 0. The lowest BCUT2D eigenvalue weighted by molar-refractivity contribution is 0.141. The molecule has 1 fully saturated rings. The monoisotopic (exact) mass is 241 g/mol. The number of aromatic nitrogens is 1. The highest BCUT2D eigenvalue weighted by atomic mass is 16.3. The zero-order valence-corrected chi connectivity index (χ0v) is 10.5. The Bertz CT molecular complexity index is 531. The Morgan fingerprint density at radius 3 is 2.72 bits per heavy atom. The molecule has 0 saturated heterocycles. The normalized spacial score (nSPS) is 18.3. The van der Waals surface area contributed by atoms with Gasteiger partial charge in [-0.15, -0.1) is 0 Å². The highest BCUT2D eigenvalue weighted by Crippen LogP contribution is 2.32. The van der Waals surface area contributed by atoms with Crippen molar-refractivity contribution in [1.29, 1.82) is 0 Å². The Balaban J connectivity index is 1.80. The molecule has 0 radical (unpaired) electrons.